The van der Waals surface area contributed by atoms with Crippen LogP contribution < -0.4 is 0 Å². The lowest BCUT2D eigenvalue weighted by Crippen LogP contribution is -1.95. The Hall–Kier alpha value is -1.87. The number of imidazole rings is 1. The van der Waals surface area contributed by atoms with Gasteiger partial charge in [0.1, 0.15) is 11.3 Å². The first-order valence-corrected chi connectivity index (χ1v) is 6.24. The summed E-state index contributed by atoms with van der Waals surface area (Å²) in [5.41, 5.74) is 2.90. The summed E-state index contributed by atoms with van der Waals surface area (Å²) in [6, 6.07) is 11.7. The van der Waals surface area contributed by atoms with E-state index in [0.29, 0.717) is 5.02 Å². The molecule has 1 N–H and O–H groups in total. The van der Waals surface area contributed by atoms with Crippen LogP contribution in [-0.4, -0.2) is 15.0 Å². The molecule has 0 bridgehead atoms. The number of hydrogen-bond donors (Lipinski definition) is 1. The summed E-state index contributed by atoms with van der Waals surface area (Å²) in [6.07, 6.45) is 3.52. The number of para-hydroxylation sites is 1. The Morgan fingerprint density at radius 1 is 1.06 bits per heavy atom. The van der Waals surface area contributed by atoms with Crippen molar-refractivity contribution in [1.29, 1.82) is 0 Å². The highest BCUT2D eigenvalue weighted by molar-refractivity contribution is 6.34. The van der Waals surface area contributed by atoms with E-state index in [9.17, 15) is 0 Å². The fourth-order valence-corrected chi connectivity index (χ4v) is 2.18. The van der Waals surface area contributed by atoms with Gasteiger partial charge in [-0.1, -0.05) is 23.7 Å². The molecule has 0 aliphatic rings. The molecule has 0 radical (unpaired) electrons. The minimum absolute atomic E-state index is 0.688. The van der Waals surface area contributed by atoms with Gasteiger partial charge in [-0.2, -0.15) is 0 Å². The monoisotopic (exact) mass is 257 g/mol. The van der Waals surface area contributed by atoms with Crippen LogP contribution in [0.15, 0.2) is 42.6 Å². The van der Waals surface area contributed by atoms with Crippen molar-refractivity contribution in [3.8, 4) is 0 Å². The second kappa shape index (κ2) is 4.78. The van der Waals surface area contributed by atoms with Gasteiger partial charge in [-0.05, 0) is 30.7 Å². The third kappa shape index (κ3) is 2.22. The number of fused-ring (bicyclic) bond motifs is 1. The van der Waals surface area contributed by atoms with Crippen molar-refractivity contribution < 1.29 is 0 Å². The molecular weight excluding hydrogens is 246 g/mol. The Bertz CT molecular complexity index is 661. The Morgan fingerprint density at radius 2 is 2.00 bits per heavy atom. The highest BCUT2D eigenvalue weighted by atomic mass is 35.5. The number of halogens is 1. The summed E-state index contributed by atoms with van der Waals surface area (Å²) in [5, 5.41) is 0.688. The van der Waals surface area contributed by atoms with Crippen molar-refractivity contribution >= 4 is 22.6 Å². The van der Waals surface area contributed by atoms with Crippen LogP contribution in [0.1, 0.15) is 11.5 Å². The number of aryl methyl sites for hydroxylation is 2. The van der Waals surface area contributed by atoms with Crippen molar-refractivity contribution in [2.75, 3.05) is 0 Å². The Morgan fingerprint density at radius 3 is 2.78 bits per heavy atom. The lowest BCUT2D eigenvalue weighted by atomic mass is 10.2. The summed E-state index contributed by atoms with van der Waals surface area (Å²) in [5.74, 6) is 0.948. The Balaban J connectivity index is 1.81. The van der Waals surface area contributed by atoms with E-state index in [1.807, 2.05) is 42.6 Å². The van der Waals surface area contributed by atoms with Gasteiger partial charge in [0.25, 0.3) is 0 Å². The zero-order valence-electron chi connectivity index (χ0n) is 9.73. The highest BCUT2D eigenvalue weighted by Crippen LogP contribution is 2.21. The Labute approximate surface area is 110 Å². The first-order chi connectivity index (χ1) is 8.83. The van der Waals surface area contributed by atoms with Crippen LogP contribution in [-0.2, 0) is 12.8 Å². The van der Waals surface area contributed by atoms with E-state index in [4.69, 9.17) is 11.6 Å². The maximum atomic E-state index is 6.09. The second-order valence-electron chi connectivity index (χ2n) is 4.14. The molecule has 0 fully saturated rings. The fraction of sp³-hybridized carbons (Fsp3) is 0.143. The second-order valence-corrected chi connectivity index (χ2v) is 4.55. The van der Waals surface area contributed by atoms with Crippen molar-refractivity contribution in [3.63, 3.8) is 0 Å². The van der Waals surface area contributed by atoms with E-state index in [1.54, 1.807) is 0 Å². The summed E-state index contributed by atoms with van der Waals surface area (Å²) < 4.78 is 0. The molecule has 4 heteroatoms. The topological polar surface area (TPSA) is 41.6 Å². The van der Waals surface area contributed by atoms with Crippen LogP contribution in [0.2, 0.25) is 5.02 Å². The molecule has 3 rings (SSSR count). The normalized spacial score (nSPS) is 10.9. The van der Waals surface area contributed by atoms with Crippen molar-refractivity contribution in [2.45, 2.75) is 12.8 Å². The minimum atomic E-state index is 0.688. The number of aromatic amines is 1. The number of hydrogen-bond acceptors (Lipinski definition) is 2. The lowest BCUT2D eigenvalue weighted by Gasteiger charge is -1.96. The number of nitrogens with zero attached hydrogens (tertiary/aromatic N) is 2. The van der Waals surface area contributed by atoms with Gasteiger partial charge < -0.3 is 4.98 Å². The number of aromatic nitrogens is 3. The smallest absolute Gasteiger partial charge is 0.107 e. The highest BCUT2D eigenvalue weighted by Gasteiger charge is 2.06. The van der Waals surface area contributed by atoms with Crippen molar-refractivity contribution in [1.82, 2.24) is 15.0 Å². The number of H-pyrrole nitrogens is 1. The van der Waals surface area contributed by atoms with E-state index in [1.165, 1.54) is 0 Å². The average molecular weight is 258 g/mol. The molecule has 0 unspecified atom stereocenters. The molecule has 3 nitrogen and oxygen atoms in total. The van der Waals surface area contributed by atoms with Gasteiger partial charge in [-0.25, -0.2) is 4.98 Å². The molecule has 0 spiro atoms. The molecule has 3 aromatic rings. The van der Waals surface area contributed by atoms with Crippen molar-refractivity contribution in [3.05, 3.63) is 59.1 Å². The third-order valence-corrected chi connectivity index (χ3v) is 3.16. The zero-order valence-corrected chi connectivity index (χ0v) is 10.5. The van der Waals surface area contributed by atoms with Gasteiger partial charge in [0.05, 0.1) is 10.5 Å². The number of pyridine rings is 1. The molecule has 0 aliphatic carbocycles. The summed E-state index contributed by atoms with van der Waals surface area (Å²) in [7, 11) is 0. The molecule has 0 aliphatic heterocycles. The van der Waals surface area contributed by atoms with E-state index in [2.05, 4.69) is 15.0 Å². The van der Waals surface area contributed by atoms with Crippen molar-refractivity contribution in [2.24, 2.45) is 0 Å². The Kier molecular flexibility index (Phi) is 2.99. The standard InChI is InChI=1S/C14H12ClN3/c15-11-5-3-6-12-14(11)18-13(17-12)8-7-10-4-1-2-9-16-10/h1-6,9H,7-8H2,(H,17,18). The van der Waals surface area contributed by atoms with Crippen LogP contribution in [0.3, 0.4) is 0 Å². The molecular formula is C14H12ClN3. The maximum absolute atomic E-state index is 6.09. The first kappa shape index (κ1) is 11.2. The fourth-order valence-electron chi connectivity index (χ4n) is 1.96. The number of nitrogens with one attached hydrogen (secondary N) is 1. The number of rotatable bonds is 3. The lowest BCUT2D eigenvalue weighted by molar-refractivity contribution is 0.861. The minimum Gasteiger partial charge on any atom is -0.342 e. The van der Waals surface area contributed by atoms with Crippen LogP contribution in [0.5, 0.6) is 0 Å². The molecule has 2 heterocycles. The SMILES string of the molecule is Clc1cccc2[nH]c(CCc3ccccn3)nc12. The zero-order chi connectivity index (χ0) is 12.4. The summed E-state index contributed by atoms with van der Waals surface area (Å²) >= 11 is 6.09. The largest absolute Gasteiger partial charge is 0.342 e. The summed E-state index contributed by atoms with van der Waals surface area (Å²) in [4.78, 5) is 12.1. The maximum Gasteiger partial charge on any atom is 0.107 e. The van der Waals surface area contributed by atoms with E-state index in [0.717, 1.165) is 35.4 Å². The molecule has 0 amide bonds. The number of benzene rings is 1. The van der Waals surface area contributed by atoms with Gasteiger partial charge >= 0.3 is 0 Å². The molecule has 0 saturated heterocycles. The van der Waals surface area contributed by atoms with Crippen LogP contribution in [0, 0.1) is 0 Å². The molecule has 2 aromatic heterocycles. The van der Waals surface area contributed by atoms with Gasteiger partial charge in [-0.15, -0.1) is 0 Å². The van der Waals surface area contributed by atoms with Crippen LogP contribution >= 0.6 is 11.6 Å². The summed E-state index contributed by atoms with van der Waals surface area (Å²) in [6.45, 7) is 0. The van der Waals surface area contributed by atoms with Gasteiger partial charge in [0, 0.05) is 18.3 Å². The predicted molar refractivity (Wildman–Crippen MR) is 72.7 cm³/mol. The quantitative estimate of drug-likeness (QED) is 0.781. The molecule has 0 atom stereocenters. The van der Waals surface area contributed by atoms with Gasteiger partial charge in [0.15, 0.2) is 0 Å². The molecule has 18 heavy (non-hydrogen) atoms. The first-order valence-electron chi connectivity index (χ1n) is 5.86. The average Bonchev–Trinajstić information content (AvgIpc) is 2.82. The molecule has 90 valence electrons. The predicted octanol–water partition coefficient (Wildman–Crippen LogP) is 3.40. The van der Waals surface area contributed by atoms with E-state index < -0.39 is 0 Å². The van der Waals surface area contributed by atoms with Gasteiger partial charge in [0.2, 0.25) is 0 Å². The van der Waals surface area contributed by atoms with Crippen LogP contribution in [0.4, 0.5) is 0 Å². The van der Waals surface area contributed by atoms with Gasteiger partial charge in [-0.3, -0.25) is 4.98 Å². The van der Waals surface area contributed by atoms with E-state index >= 15 is 0 Å². The van der Waals surface area contributed by atoms with E-state index in [-0.39, 0.29) is 0 Å². The molecule has 1 aromatic carbocycles. The molecule has 0 saturated carbocycles. The van der Waals surface area contributed by atoms with Crippen LogP contribution in [0.25, 0.3) is 11.0 Å². The third-order valence-electron chi connectivity index (χ3n) is 2.86.